The fourth-order valence-electron chi connectivity index (χ4n) is 2.05. The standard InChI is InChI=1S/2C9H11NS2.Cd/c2*1-2-10(9(11)12)8-6-4-3-5-7-8;/h2*3-7H,2H2,1H3,(H,11,12);/q;;+2/p-2. The van der Waals surface area contributed by atoms with Crippen LogP contribution < -0.4 is 9.80 Å². The van der Waals surface area contributed by atoms with Gasteiger partial charge in [0.05, 0.1) is 0 Å². The number of nitrogens with zero attached hydrogens (tertiary/aromatic N) is 2. The van der Waals surface area contributed by atoms with Crippen molar-refractivity contribution in [2.45, 2.75) is 13.8 Å². The molecule has 0 radical (unpaired) electrons. The quantitative estimate of drug-likeness (QED) is 0.336. The van der Waals surface area contributed by atoms with E-state index in [1.807, 2.05) is 84.3 Å². The van der Waals surface area contributed by atoms with E-state index >= 15 is 0 Å². The summed E-state index contributed by atoms with van der Waals surface area (Å²) in [6.45, 7) is 5.72. The van der Waals surface area contributed by atoms with Crippen LogP contribution >= 0.6 is 24.4 Å². The van der Waals surface area contributed by atoms with Crippen LogP contribution in [0.5, 0.6) is 0 Å². The molecule has 0 unspecified atom stereocenters. The van der Waals surface area contributed by atoms with E-state index < -0.39 is 0 Å². The Morgan fingerprint density at radius 1 is 0.720 bits per heavy atom. The molecule has 0 bridgehead atoms. The Hall–Kier alpha value is -0.418. The first-order valence-corrected chi connectivity index (χ1v) is 9.21. The van der Waals surface area contributed by atoms with Crippen molar-refractivity contribution in [3.63, 3.8) is 0 Å². The van der Waals surface area contributed by atoms with Crippen molar-refractivity contribution in [1.82, 2.24) is 0 Å². The van der Waals surface area contributed by atoms with E-state index in [9.17, 15) is 0 Å². The summed E-state index contributed by atoms with van der Waals surface area (Å²) in [4.78, 5) is 3.84. The van der Waals surface area contributed by atoms with Gasteiger partial charge in [0, 0.05) is 24.5 Å². The predicted octanol–water partition coefficient (Wildman–Crippen LogP) is 4.69. The molecule has 0 fully saturated rings. The van der Waals surface area contributed by atoms with Crippen LogP contribution in [0.25, 0.3) is 0 Å². The Bertz CT molecular complexity index is 581. The minimum absolute atomic E-state index is 0. The molecule has 0 aliphatic rings. The molecular weight excluding hydrogens is 485 g/mol. The zero-order valence-corrected chi connectivity index (χ0v) is 21.7. The molecule has 0 saturated carbocycles. The molecule has 2 aromatic rings. The van der Waals surface area contributed by atoms with Crippen LogP contribution in [0.3, 0.4) is 0 Å². The zero-order valence-electron chi connectivity index (χ0n) is 14.4. The zero-order chi connectivity index (χ0) is 17.9. The number of hydrogen-bond donors (Lipinski definition) is 0. The van der Waals surface area contributed by atoms with Gasteiger partial charge in [0.15, 0.2) is 0 Å². The van der Waals surface area contributed by atoms with Crippen LogP contribution in [0.2, 0.25) is 0 Å². The van der Waals surface area contributed by atoms with Gasteiger partial charge in [-0.3, -0.25) is 0 Å². The molecule has 0 saturated heterocycles. The van der Waals surface area contributed by atoms with Crippen LogP contribution in [0.4, 0.5) is 11.4 Å². The molecule has 0 N–H and O–H groups in total. The molecule has 7 heteroatoms. The van der Waals surface area contributed by atoms with Crippen LogP contribution in [0.15, 0.2) is 60.7 Å². The van der Waals surface area contributed by atoms with Gasteiger partial charge in [-0.2, -0.15) is 0 Å². The number of thiocarbonyl (C=S) groups is 2. The van der Waals surface area contributed by atoms with E-state index in [1.54, 1.807) is 0 Å². The van der Waals surface area contributed by atoms with Crippen molar-refractivity contribution in [3.8, 4) is 0 Å². The van der Waals surface area contributed by atoms with Crippen LogP contribution in [0, 0.1) is 0 Å². The normalized spacial score (nSPS) is 9.04. The van der Waals surface area contributed by atoms with Crippen molar-refractivity contribution in [2.75, 3.05) is 22.9 Å². The summed E-state index contributed by atoms with van der Waals surface area (Å²) in [5, 5.41) is 0. The van der Waals surface area contributed by atoms with Gasteiger partial charge in [-0.15, -0.1) is 0 Å². The Morgan fingerprint density at radius 3 is 1.20 bits per heavy atom. The van der Waals surface area contributed by atoms with Gasteiger partial charge in [-0.05, 0) is 38.1 Å². The van der Waals surface area contributed by atoms with Crippen molar-refractivity contribution < 1.29 is 27.3 Å². The van der Waals surface area contributed by atoms with Crippen molar-refractivity contribution >= 4 is 69.7 Å². The minimum atomic E-state index is 0. The third-order valence-electron chi connectivity index (χ3n) is 3.21. The maximum atomic E-state index is 4.94. The Kier molecular flexibility index (Phi) is 13.5. The molecule has 0 aromatic heterocycles. The molecule has 0 aliphatic carbocycles. The van der Waals surface area contributed by atoms with E-state index in [0.717, 1.165) is 24.5 Å². The Morgan fingerprint density at radius 2 is 1.00 bits per heavy atom. The maximum Gasteiger partial charge on any atom is 2.00 e. The number of hydrogen-bond acceptors (Lipinski definition) is 4. The number of anilines is 2. The average Bonchev–Trinajstić information content (AvgIpc) is 2.58. The molecule has 2 nitrogen and oxygen atoms in total. The topological polar surface area (TPSA) is 6.48 Å². The third kappa shape index (κ3) is 8.68. The van der Waals surface area contributed by atoms with E-state index in [0.29, 0.717) is 8.64 Å². The third-order valence-corrected chi connectivity index (χ3v) is 4.09. The first kappa shape index (κ1) is 24.6. The van der Waals surface area contributed by atoms with Gasteiger partial charge in [-0.25, -0.2) is 0 Å². The summed E-state index contributed by atoms with van der Waals surface area (Å²) in [5.74, 6) is 0. The SMILES string of the molecule is CCN(C(=S)[S-])c1ccccc1.CCN(C(=S)[S-])c1ccccc1.[Cd+2]. The van der Waals surface area contributed by atoms with E-state index in [2.05, 4.69) is 0 Å². The number of benzene rings is 2. The largest absolute Gasteiger partial charge is 2.00 e. The molecule has 128 valence electrons. The fourth-order valence-corrected chi connectivity index (χ4v) is 2.99. The molecule has 0 atom stereocenters. The van der Waals surface area contributed by atoms with Crippen LogP contribution in [-0.2, 0) is 52.6 Å². The van der Waals surface area contributed by atoms with Crippen LogP contribution in [0.1, 0.15) is 13.8 Å². The molecule has 0 spiro atoms. The van der Waals surface area contributed by atoms with Gasteiger partial charge >= 0.3 is 27.3 Å². The van der Waals surface area contributed by atoms with Gasteiger partial charge in [0.25, 0.3) is 0 Å². The van der Waals surface area contributed by atoms with Crippen molar-refractivity contribution in [1.29, 1.82) is 0 Å². The van der Waals surface area contributed by atoms with Gasteiger partial charge in [0.1, 0.15) is 0 Å². The predicted molar refractivity (Wildman–Crippen MR) is 119 cm³/mol. The summed E-state index contributed by atoms with van der Waals surface area (Å²) in [7, 11) is 0. The first-order valence-electron chi connectivity index (χ1n) is 7.58. The molecular formula is C18H20CdN2S4. The van der Waals surface area contributed by atoms with Gasteiger partial charge in [-0.1, -0.05) is 45.0 Å². The van der Waals surface area contributed by atoms with E-state index in [1.165, 1.54) is 0 Å². The molecule has 0 heterocycles. The van der Waals surface area contributed by atoms with E-state index in [-0.39, 0.29) is 27.3 Å². The smallest absolute Gasteiger partial charge is 0.411 e. The monoisotopic (exact) mass is 506 g/mol. The summed E-state index contributed by atoms with van der Waals surface area (Å²) >= 11 is 19.8. The van der Waals surface area contributed by atoms with Gasteiger partial charge < -0.3 is 59.5 Å². The second-order valence-corrected chi connectivity index (χ2v) is 6.76. The maximum absolute atomic E-state index is 4.94. The average molecular weight is 505 g/mol. The number of rotatable bonds is 4. The second kappa shape index (κ2) is 13.7. The van der Waals surface area contributed by atoms with Crippen molar-refractivity contribution in [2.24, 2.45) is 0 Å². The molecule has 2 rings (SSSR count). The van der Waals surface area contributed by atoms with E-state index in [4.69, 9.17) is 49.7 Å². The first-order chi connectivity index (χ1) is 11.5. The van der Waals surface area contributed by atoms with Crippen LogP contribution in [-0.4, -0.2) is 21.7 Å². The second-order valence-electron chi connectivity index (χ2n) is 4.69. The summed E-state index contributed by atoms with van der Waals surface area (Å²) < 4.78 is 1.01. The summed E-state index contributed by atoms with van der Waals surface area (Å²) in [6.07, 6.45) is 0. The molecule has 0 amide bonds. The Labute approximate surface area is 193 Å². The molecule has 0 aliphatic heterocycles. The Balaban J connectivity index is 0.000000443. The summed E-state index contributed by atoms with van der Waals surface area (Å²) in [6, 6.07) is 19.9. The van der Waals surface area contributed by atoms with Crippen molar-refractivity contribution in [3.05, 3.63) is 60.7 Å². The molecule has 2 aromatic carbocycles. The summed E-state index contributed by atoms with van der Waals surface area (Å²) in [5.41, 5.74) is 2.14. The minimum Gasteiger partial charge on any atom is -0.411 e. The molecule has 25 heavy (non-hydrogen) atoms. The number of para-hydroxylation sites is 2. The fraction of sp³-hybridized carbons (Fsp3) is 0.222. The van der Waals surface area contributed by atoms with Gasteiger partial charge in [0.2, 0.25) is 0 Å².